The Bertz CT molecular complexity index is 953. The minimum Gasteiger partial charge on any atom is -0.390 e. The number of carbonyl (C=O) groups is 2. The van der Waals surface area contributed by atoms with E-state index in [0.717, 1.165) is 18.2 Å². The van der Waals surface area contributed by atoms with E-state index in [-0.39, 0.29) is 29.3 Å². The summed E-state index contributed by atoms with van der Waals surface area (Å²) in [5, 5.41) is 11.2. The highest BCUT2D eigenvalue weighted by Gasteiger charge is 2.80. The van der Waals surface area contributed by atoms with Gasteiger partial charge in [0.1, 0.15) is 6.17 Å². The van der Waals surface area contributed by atoms with Crippen molar-refractivity contribution in [2.75, 3.05) is 6.26 Å². The Morgan fingerprint density at radius 2 is 2.03 bits per heavy atom. The lowest BCUT2D eigenvalue weighted by Crippen LogP contribution is -2.70. The number of ether oxygens (including phenoxy) is 2. The number of aliphatic hydroxyl groups is 1. The topological polar surface area (TPSA) is 72.8 Å². The van der Waals surface area contributed by atoms with Crippen LogP contribution in [0.1, 0.15) is 52.9 Å². The van der Waals surface area contributed by atoms with E-state index >= 15 is 8.78 Å². The molecule has 10 atom stereocenters. The Hall–Kier alpha value is -1.09. The van der Waals surface area contributed by atoms with Crippen LogP contribution in [-0.2, 0) is 19.1 Å². The van der Waals surface area contributed by atoms with Gasteiger partial charge in [0.15, 0.2) is 23.3 Å². The zero-order valence-electron chi connectivity index (χ0n) is 19.5. The number of alkyl halides is 2. The van der Waals surface area contributed by atoms with Crippen molar-refractivity contribution >= 4 is 22.7 Å². The number of ketones is 1. The van der Waals surface area contributed by atoms with E-state index in [2.05, 4.69) is 0 Å². The van der Waals surface area contributed by atoms with E-state index in [1.165, 1.54) is 18.2 Å². The highest BCUT2D eigenvalue weighted by Crippen LogP contribution is 2.72. The molecule has 0 radical (unpaired) electrons. The van der Waals surface area contributed by atoms with Gasteiger partial charge in [-0.25, -0.2) is 8.78 Å². The van der Waals surface area contributed by atoms with Crippen LogP contribution in [-0.4, -0.2) is 58.2 Å². The Labute approximate surface area is 197 Å². The number of rotatable bonds is 3. The Morgan fingerprint density at radius 3 is 2.70 bits per heavy atom. The summed E-state index contributed by atoms with van der Waals surface area (Å²) in [7, 11) is 0. The van der Waals surface area contributed by atoms with Crippen LogP contribution < -0.4 is 0 Å². The summed E-state index contributed by atoms with van der Waals surface area (Å²) >= 11 is 1.06. The maximum absolute atomic E-state index is 17.2. The van der Waals surface area contributed by atoms with Crippen molar-refractivity contribution in [1.82, 2.24) is 0 Å². The first-order chi connectivity index (χ1) is 15.5. The van der Waals surface area contributed by atoms with E-state index < -0.39 is 58.6 Å². The number of hydrogen-bond donors (Lipinski definition) is 1. The molecule has 33 heavy (non-hydrogen) atoms. The molecule has 1 N–H and O–H groups in total. The van der Waals surface area contributed by atoms with Crippen LogP contribution in [0.25, 0.3) is 0 Å². The van der Waals surface area contributed by atoms with E-state index in [4.69, 9.17) is 9.47 Å². The maximum atomic E-state index is 17.2. The molecule has 0 spiro atoms. The number of thioether (sulfide) groups is 1. The molecule has 1 saturated heterocycles. The third-order valence-corrected chi connectivity index (χ3v) is 10.1. The molecular weight excluding hydrogens is 450 g/mol. The molecule has 5 aliphatic rings. The fourth-order valence-electron chi connectivity index (χ4n) is 7.89. The summed E-state index contributed by atoms with van der Waals surface area (Å²) in [4.78, 5) is 25.4. The minimum atomic E-state index is -2.17. The fraction of sp³-hybridized carbons (Fsp3) is 0.760. The smallest absolute Gasteiger partial charge is 0.223 e. The number of hydrogen-bond acceptors (Lipinski definition) is 6. The first kappa shape index (κ1) is 23.6. The molecule has 0 bridgehead atoms. The van der Waals surface area contributed by atoms with Gasteiger partial charge in [-0.3, -0.25) is 9.59 Å². The predicted molar refractivity (Wildman–Crippen MR) is 120 cm³/mol. The molecule has 0 aromatic rings. The van der Waals surface area contributed by atoms with Crippen molar-refractivity contribution in [2.24, 2.45) is 22.7 Å². The number of allylic oxidation sites excluding steroid dienone is 4. The van der Waals surface area contributed by atoms with Gasteiger partial charge in [0.05, 0.1) is 12.2 Å². The Balaban J connectivity index is 1.62. The lowest BCUT2D eigenvalue weighted by Gasteiger charge is -2.63. The van der Waals surface area contributed by atoms with Gasteiger partial charge in [0.25, 0.3) is 0 Å². The minimum absolute atomic E-state index is 0.00270. The largest absolute Gasteiger partial charge is 0.390 e. The van der Waals surface area contributed by atoms with Crippen LogP contribution in [0.2, 0.25) is 0 Å². The molecule has 1 heterocycles. The molecular formula is C25H32F2O5S. The molecule has 4 aliphatic carbocycles. The average molecular weight is 483 g/mol. The second-order valence-electron chi connectivity index (χ2n) is 10.8. The highest BCUT2D eigenvalue weighted by atomic mass is 32.2. The summed E-state index contributed by atoms with van der Waals surface area (Å²) in [6.45, 7) is 5.47. The van der Waals surface area contributed by atoms with Crippen LogP contribution in [0.15, 0.2) is 23.8 Å². The summed E-state index contributed by atoms with van der Waals surface area (Å²) in [6.07, 6.45) is 3.20. The molecule has 0 amide bonds. The third kappa shape index (κ3) is 2.69. The molecule has 182 valence electrons. The number of fused-ring (bicyclic) bond motifs is 7. The predicted octanol–water partition coefficient (Wildman–Crippen LogP) is 4.09. The van der Waals surface area contributed by atoms with Crippen LogP contribution in [0.5, 0.6) is 0 Å². The SMILES string of the molecule is CCCC1O[C@@H]2C[C@H]3[C@@H]4C[C@H](F)C5=CC(=O)C=C[C@]5(C)[C@@]4(F)[C@@H](O)C[C@]3(C)[C@]2(C(=O)SC)O1. The van der Waals surface area contributed by atoms with E-state index in [0.29, 0.717) is 12.8 Å². The first-order valence-corrected chi connectivity index (χ1v) is 13.1. The zero-order valence-corrected chi connectivity index (χ0v) is 20.3. The summed E-state index contributed by atoms with van der Waals surface area (Å²) < 4.78 is 45.3. The van der Waals surface area contributed by atoms with Crippen molar-refractivity contribution in [3.63, 3.8) is 0 Å². The molecule has 8 heteroatoms. The maximum Gasteiger partial charge on any atom is 0.223 e. The molecule has 5 rings (SSSR count). The van der Waals surface area contributed by atoms with Crippen LogP contribution in [0.4, 0.5) is 8.78 Å². The third-order valence-electron chi connectivity index (χ3n) is 9.43. The summed E-state index contributed by atoms with van der Waals surface area (Å²) in [5.74, 6) is -1.64. The quantitative estimate of drug-likeness (QED) is 0.654. The van der Waals surface area contributed by atoms with Gasteiger partial charge in [0, 0.05) is 16.7 Å². The van der Waals surface area contributed by atoms with Gasteiger partial charge in [-0.05, 0) is 62.5 Å². The zero-order chi connectivity index (χ0) is 24.0. The molecule has 4 fully saturated rings. The number of halogens is 2. The molecule has 0 aromatic carbocycles. The second kappa shape index (κ2) is 7.45. The monoisotopic (exact) mass is 482 g/mol. The van der Waals surface area contributed by atoms with E-state index in [1.807, 2.05) is 13.8 Å². The van der Waals surface area contributed by atoms with Crippen molar-refractivity contribution in [3.05, 3.63) is 23.8 Å². The average Bonchev–Trinajstić information content (AvgIpc) is 3.24. The van der Waals surface area contributed by atoms with Crippen LogP contribution in [0.3, 0.4) is 0 Å². The molecule has 0 aromatic heterocycles. The summed E-state index contributed by atoms with van der Waals surface area (Å²) in [6, 6.07) is 0. The normalized spacial score (nSPS) is 52.6. The van der Waals surface area contributed by atoms with Gasteiger partial charge in [-0.1, -0.05) is 38.1 Å². The van der Waals surface area contributed by atoms with Gasteiger partial charge in [-0.15, -0.1) is 0 Å². The fourth-order valence-corrected chi connectivity index (χ4v) is 8.60. The Kier molecular flexibility index (Phi) is 5.34. The van der Waals surface area contributed by atoms with Crippen LogP contribution in [0, 0.1) is 22.7 Å². The van der Waals surface area contributed by atoms with Crippen molar-refractivity contribution in [1.29, 1.82) is 0 Å². The first-order valence-electron chi connectivity index (χ1n) is 11.9. The highest BCUT2D eigenvalue weighted by molar-refractivity contribution is 8.13. The summed E-state index contributed by atoms with van der Waals surface area (Å²) in [5.41, 5.74) is -5.73. The van der Waals surface area contributed by atoms with Crippen LogP contribution >= 0.6 is 11.8 Å². The van der Waals surface area contributed by atoms with Crippen molar-refractivity contribution in [3.8, 4) is 0 Å². The van der Waals surface area contributed by atoms with Gasteiger partial charge in [0.2, 0.25) is 5.12 Å². The van der Waals surface area contributed by atoms with E-state index in [9.17, 15) is 14.7 Å². The molecule has 1 aliphatic heterocycles. The molecule has 5 nitrogen and oxygen atoms in total. The number of carbonyl (C=O) groups excluding carboxylic acids is 2. The lowest BCUT2D eigenvalue weighted by atomic mass is 9.44. The van der Waals surface area contributed by atoms with Gasteiger partial charge >= 0.3 is 0 Å². The van der Waals surface area contributed by atoms with Crippen molar-refractivity contribution < 1.29 is 33.0 Å². The van der Waals surface area contributed by atoms with Gasteiger partial charge < -0.3 is 14.6 Å². The number of aliphatic hydroxyl groups excluding tert-OH is 1. The lowest BCUT2D eigenvalue weighted by molar-refractivity contribution is -0.232. The second-order valence-corrected chi connectivity index (χ2v) is 11.6. The molecule has 3 saturated carbocycles. The standard InChI is InChI=1S/C25H32F2O5S/c1-5-6-20-31-19-11-14-15-10-17(26)16-9-13(28)7-8-22(16,2)24(15,27)18(29)12-23(14,3)25(19,32-20)21(30)33-4/h7-9,14-15,17-20,29H,5-6,10-12H2,1-4H3/t14-,15-,17-,18-,19+,20?,22-,23-,24-,25-/m0/s1. The van der Waals surface area contributed by atoms with Crippen molar-refractivity contribution in [2.45, 2.75) is 88.8 Å². The van der Waals surface area contributed by atoms with E-state index in [1.54, 1.807) is 13.2 Å². The Morgan fingerprint density at radius 1 is 1.30 bits per heavy atom. The van der Waals surface area contributed by atoms with Gasteiger partial charge in [-0.2, -0.15) is 0 Å². The molecule has 1 unspecified atom stereocenters.